The third-order valence-corrected chi connectivity index (χ3v) is 7.18. The van der Waals surface area contributed by atoms with E-state index in [1.54, 1.807) is 18.1 Å². The third kappa shape index (κ3) is 3.20. The van der Waals surface area contributed by atoms with Gasteiger partial charge in [0.15, 0.2) is 15.0 Å². The maximum atomic E-state index is 12.0. The van der Waals surface area contributed by atoms with Crippen LogP contribution in [0.25, 0.3) is 0 Å². The number of thioether (sulfide) groups is 1. The summed E-state index contributed by atoms with van der Waals surface area (Å²) in [7, 11) is -1.55. The van der Waals surface area contributed by atoms with Crippen molar-refractivity contribution in [2.75, 3.05) is 29.4 Å². The minimum absolute atomic E-state index is 0.0385. The van der Waals surface area contributed by atoms with Crippen LogP contribution in [-0.2, 0) is 14.6 Å². The van der Waals surface area contributed by atoms with Crippen LogP contribution in [-0.4, -0.2) is 55.3 Å². The number of nitrogens with zero attached hydrogens (tertiary/aromatic N) is 2. The molecule has 1 amide bonds. The van der Waals surface area contributed by atoms with E-state index in [1.807, 2.05) is 18.2 Å². The van der Waals surface area contributed by atoms with Crippen LogP contribution in [0.5, 0.6) is 5.75 Å². The number of rotatable bonds is 3. The Balaban J connectivity index is 2.07. The molecule has 0 aliphatic carbocycles. The van der Waals surface area contributed by atoms with Crippen molar-refractivity contribution in [2.45, 2.75) is 11.3 Å². The number of benzene rings is 1. The molecule has 2 heterocycles. The summed E-state index contributed by atoms with van der Waals surface area (Å²) in [5.74, 6) is 0.0667. The zero-order chi connectivity index (χ0) is 16.6. The van der Waals surface area contributed by atoms with E-state index in [0.717, 1.165) is 0 Å². The fraction of sp³-hybridized carbons (Fsp3) is 0.429. The van der Waals surface area contributed by atoms with E-state index in [-0.39, 0.29) is 28.7 Å². The number of fused-ring (bicyclic) bond motifs is 1. The molecule has 2 atom stereocenters. The molecular weight excluding hydrogens is 360 g/mol. The molecule has 1 aromatic carbocycles. The molecule has 0 saturated carbocycles. The van der Waals surface area contributed by atoms with E-state index in [2.05, 4.69) is 4.99 Å². The molecular formula is C14H15ClN2O4S2. The van der Waals surface area contributed by atoms with E-state index in [1.165, 1.54) is 11.8 Å². The van der Waals surface area contributed by atoms with Gasteiger partial charge in [-0.1, -0.05) is 23.9 Å². The molecule has 0 spiro atoms. The normalized spacial score (nSPS) is 27.2. The number of hydrogen-bond donors (Lipinski definition) is 0. The summed E-state index contributed by atoms with van der Waals surface area (Å²) in [6.07, 6.45) is 0. The molecule has 2 unspecified atom stereocenters. The molecule has 0 N–H and O–H groups in total. The van der Waals surface area contributed by atoms with Crippen LogP contribution in [0.3, 0.4) is 0 Å². The molecule has 2 aliphatic heterocycles. The molecule has 6 nitrogen and oxygen atoms in total. The highest BCUT2D eigenvalue weighted by molar-refractivity contribution is 8.16. The standard InChI is InChI=1S/C14H15ClN2O4S2/c1-21-11-5-3-2-4-9(11)17-10-7-23(19,20)8-12(10)22-14(17)16-13(18)6-15/h2-5,10,12H,6-8H2,1H3. The number of amides is 1. The number of para-hydroxylation sites is 2. The Labute approximate surface area is 143 Å². The van der Waals surface area contributed by atoms with Gasteiger partial charge < -0.3 is 9.64 Å². The van der Waals surface area contributed by atoms with Gasteiger partial charge in [-0.05, 0) is 12.1 Å². The topological polar surface area (TPSA) is 76.0 Å². The lowest BCUT2D eigenvalue weighted by Gasteiger charge is -2.26. The predicted octanol–water partition coefficient (Wildman–Crippen LogP) is 1.54. The average Bonchev–Trinajstić information content (AvgIpc) is 2.98. The van der Waals surface area contributed by atoms with Crippen molar-refractivity contribution in [3.8, 4) is 5.75 Å². The van der Waals surface area contributed by atoms with Gasteiger partial charge in [0.2, 0.25) is 0 Å². The van der Waals surface area contributed by atoms with Crippen LogP contribution >= 0.6 is 23.4 Å². The van der Waals surface area contributed by atoms with E-state index in [0.29, 0.717) is 16.6 Å². The fourth-order valence-corrected chi connectivity index (χ4v) is 6.80. The number of anilines is 1. The largest absolute Gasteiger partial charge is 0.495 e. The molecule has 124 valence electrons. The lowest BCUT2D eigenvalue weighted by Crippen LogP contribution is -2.38. The van der Waals surface area contributed by atoms with Crippen molar-refractivity contribution < 1.29 is 17.9 Å². The van der Waals surface area contributed by atoms with Crippen LogP contribution in [0, 0.1) is 0 Å². The van der Waals surface area contributed by atoms with Gasteiger partial charge in [0.25, 0.3) is 5.91 Å². The van der Waals surface area contributed by atoms with Crippen LogP contribution in [0.15, 0.2) is 29.3 Å². The Kier molecular flexibility index (Phi) is 4.57. The number of halogens is 1. The van der Waals surface area contributed by atoms with E-state index in [9.17, 15) is 13.2 Å². The maximum absolute atomic E-state index is 12.0. The number of ether oxygens (including phenoxy) is 1. The number of carbonyl (C=O) groups excluding carboxylic acids is 1. The van der Waals surface area contributed by atoms with Crippen LogP contribution < -0.4 is 9.64 Å². The van der Waals surface area contributed by atoms with Gasteiger partial charge in [0, 0.05) is 5.25 Å². The highest BCUT2D eigenvalue weighted by Crippen LogP contribution is 2.43. The first-order chi connectivity index (χ1) is 10.9. The van der Waals surface area contributed by atoms with Gasteiger partial charge in [-0.3, -0.25) is 4.79 Å². The number of alkyl halides is 1. The fourth-order valence-electron chi connectivity index (χ4n) is 2.81. The SMILES string of the molecule is COc1ccccc1N1C(=NC(=O)CCl)SC2CS(=O)(=O)CC21. The summed E-state index contributed by atoms with van der Waals surface area (Å²) in [5, 5.41) is 0.330. The van der Waals surface area contributed by atoms with E-state index in [4.69, 9.17) is 16.3 Å². The van der Waals surface area contributed by atoms with Crippen LogP contribution in [0.4, 0.5) is 5.69 Å². The molecule has 3 rings (SSSR count). The van der Waals surface area contributed by atoms with Crippen LogP contribution in [0.1, 0.15) is 0 Å². The number of hydrogen-bond acceptors (Lipinski definition) is 5. The first kappa shape index (κ1) is 16.6. The van der Waals surface area contributed by atoms with Gasteiger partial charge in [-0.15, -0.1) is 11.6 Å². The quantitative estimate of drug-likeness (QED) is 0.747. The van der Waals surface area contributed by atoms with Gasteiger partial charge in [0.05, 0.1) is 30.3 Å². The Hall–Kier alpha value is -1.25. The van der Waals surface area contributed by atoms with Crippen molar-refractivity contribution in [3.63, 3.8) is 0 Å². The predicted molar refractivity (Wildman–Crippen MR) is 92.5 cm³/mol. The molecule has 9 heteroatoms. The number of aliphatic imine (C=N–C) groups is 1. The minimum atomic E-state index is -3.09. The van der Waals surface area contributed by atoms with Gasteiger partial charge >= 0.3 is 0 Å². The molecule has 2 fully saturated rings. The Morgan fingerprint density at radius 1 is 1.43 bits per heavy atom. The third-order valence-electron chi connectivity index (χ3n) is 3.75. The van der Waals surface area contributed by atoms with Crippen LogP contribution in [0.2, 0.25) is 0 Å². The zero-order valence-corrected chi connectivity index (χ0v) is 14.7. The smallest absolute Gasteiger partial charge is 0.262 e. The monoisotopic (exact) mass is 374 g/mol. The molecule has 0 bridgehead atoms. The molecule has 2 aliphatic rings. The number of amidine groups is 1. The second-order valence-corrected chi connectivity index (χ2v) is 8.89. The summed E-state index contributed by atoms with van der Waals surface area (Å²) in [6, 6.07) is 7.02. The minimum Gasteiger partial charge on any atom is -0.495 e. The van der Waals surface area contributed by atoms with E-state index < -0.39 is 15.7 Å². The molecule has 1 aromatic rings. The first-order valence-electron chi connectivity index (χ1n) is 6.92. The second-order valence-electron chi connectivity index (χ2n) is 5.26. The Morgan fingerprint density at radius 2 is 2.17 bits per heavy atom. The van der Waals surface area contributed by atoms with E-state index >= 15 is 0 Å². The summed E-state index contributed by atoms with van der Waals surface area (Å²) in [6.45, 7) is 0. The van der Waals surface area contributed by atoms with Gasteiger partial charge in [-0.2, -0.15) is 4.99 Å². The lowest BCUT2D eigenvalue weighted by molar-refractivity contribution is -0.115. The molecule has 0 radical (unpaired) electrons. The number of methoxy groups -OCH3 is 1. The summed E-state index contributed by atoms with van der Waals surface area (Å²) in [4.78, 5) is 17.5. The Morgan fingerprint density at radius 3 is 2.87 bits per heavy atom. The van der Waals surface area contributed by atoms with Gasteiger partial charge in [-0.25, -0.2) is 8.42 Å². The molecule has 23 heavy (non-hydrogen) atoms. The second kappa shape index (κ2) is 6.33. The first-order valence-corrected chi connectivity index (χ1v) is 10.2. The van der Waals surface area contributed by atoms with Crippen molar-refractivity contribution in [3.05, 3.63) is 24.3 Å². The maximum Gasteiger partial charge on any atom is 0.262 e. The Bertz CT molecular complexity index is 766. The highest BCUT2D eigenvalue weighted by atomic mass is 35.5. The van der Waals surface area contributed by atoms with Gasteiger partial charge in [0.1, 0.15) is 11.6 Å². The average molecular weight is 375 g/mol. The summed E-state index contributed by atoms with van der Waals surface area (Å²) < 4.78 is 29.3. The van der Waals surface area contributed by atoms with Crippen molar-refractivity contribution >= 4 is 50.0 Å². The number of carbonyl (C=O) groups is 1. The summed E-state index contributed by atoms with van der Waals surface area (Å²) in [5.41, 5.74) is 0.702. The lowest BCUT2D eigenvalue weighted by atomic mass is 10.2. The molecule has 2 saturated heterocycles. The van der Waals surface area contributed by atoms with Crippen molar-refractivity contribution in [1.82, 2.24) is 0 Å². The van der Waals surface area contributed by atoms with Crippen molar-refractivity contribution in [1.29, 1.82) is 0 Å². The summed E-state index contributed by atoms with van der Waals surface area (Å²) >= 11 is 6.85. The molecule has 0 aromatic heterocycles. The van der Waals surface area contributed by atoms with Crippen molar-refractivity contribution in [2.24, 2.45) is 4.99 Å². The number of sulfone groups is 1. The zero-order valence-electron chi connectivity index (χ0n) is 12.3. The highest BCUT2D eigenvalue weighted by Gasteiger charge is 2.49.